The predicted octanol–water partition coefficient (Wildman–Crippen LogP) is 4.75. The van der Waals surface area contributed by atoms with Gasteiger partial charge in [0.25, 0.3) is 0 Å². The topological polar surface area (TPSA) is 47.4 Å². The molecule has 2 aromatic carbocycles. The fraction of sp³-hybridized carbons (Fsp3) is 0.200. The van der Waals surface area contributed by atoms with Gasteiger partial charge in [-0.2, -0.15) is 13.2 Å². The number of anilines is 1. The number of amides is 1. The molecule has 0 aliphatic heterocycles. The number of imidazole rings is 1. The molecule has 0 unspecified atom stereocenters. The molecule has 1 aromatic heterocycles. The molecule has 8 heteroatoms. The van der Waals surface area contributed by atoms with Gasteiger partial charge >= 0.3 is 12.3 Å². The Morgan fingerprint density at radius 3 is 2.39 bits per heavy atom. The number of carbonyl (C=O) groups excluding carboxylic acids is 1. The van der Waals surface area contributed by atoms with Gasteiger partial charge in [-0.1, -0.05) is 30.3 Å². The first-order valence-electron chi connectivity index (χ1n) is 8.55. The molecule has 0 radical (unpaired) electrons. The predicted molar refractivity (Wildman–Crippen MR) is 97.6 cm³/mol. The molecule has 0 atom stereocenters. The number of ether oxygens (including phenoxy) is 1. The molecule has 28 heavy (non-hydrogen) atoms. The lowest BCUT2D eigenvalue weighted by Gasteiger charge is -2.22. The molecule has 3 aromatic rings. The van der Waals surface area contributed by atoms with Gasteiger partial charge in [0.05, 0.1) is 25.0 Å². The zero-order chi connectivity index (χ0) is 20.0. The van der Waals surface area contributed by atoms with Gasteiger partial charge < -0.3 is 9.30 Å². The second kappa shape index (κ2) is 8.60. The molecule has 0 fully saturated rings. The molecule has 0 saturated carbocycles. The first-order valence-corrected chi connectivity index (χ1v) is 8.55. The first-order chi connectivity index (χ1) is 13.4. The number of para-hydroxylation sites is 1. The summed E-state index contributed by atoms with van der Waals surface area (Å²) >= 11 is 0. The molecule has 1 heterocycles. The lowest BCUT2D eigenvalue weighted by Crippen LogP contribution is -2.31. The zero-order valence-electron chi connectivity index (χ0n) is 14.8. The summed E-state index contributed by atoms with van der Waals surface area (Å²) < 4.78 is 45.3. The highest BCUT2D eigenvalue weighted by atomic mass is 19.4. The number of halogens is 3. The van der Waals surface area contributed by atoms with E-state index in [0.29, 0.717) is 17.8 Å². The summed E-state index contributed by atoms with van der Waals surface area (Å²) in [6, 6.07) is 13.6. The Kier molecular flexibility index (Phi) is 5.98. The quantitative estimate of drug-likeness (QED) is 0.612. The average Bonchev–Trinajstić information content (AvgIpc) is 3.20. The van der Waals surface area contributed by atoms with Gasteiger partial charge in [-0.3, -0.25) is 4.90 Å². The standard InChI is InChI=1S/C20H18F3N3O2/c21-20(22,23)17-8-6-16(7-9-17)14-26(18-4-2-1-3-5-18)19(27)28-13-12-25-11-10-24-15-25/h1-11,15H,12-14H2. The van der Waals surface area contributed by atoms with Crippen molar-refractivity contribution in [1.82, 2.24) is 9.55 Å². The SMILES string of the molecule is O=C(OCCn1ccnc1)N(Cc1ccc(C(F)(F)F)cc1)c1ccccc1. The minimum Gasteiger partial charge on any atom is -0.447 e. The highest BCUT2D eigenvalue weighted by molar-refractivity contribution is 5.87. The third kappa shape index (κ3) is 5.12. The van der Waals surface area contributed by atoms with Crippen LogP contribution in [0.1, 0.15) is 11.1 Å². The average molecular weight is 389 g/mol. The minimum absolute atomic E-state index is 0.0893. The fourth-order valence-corrected chi connectivity index (χ4v) is 2.59. The summed E-state index contributed by atoms with van der Waals surface area (Å²) in [7, 11) is 0. The van der Waals surface area contributed by atoms with Crippen LogP contribution in [0.3, 0.4) is 0 Å². The number of aromatic nitrogens is 2. The number of rotatable bonds is 6. The van der Waals surface area contributed by atoms with Gasteiger partial charge in [0.15, 0.2) is 0 Å². The maximum atomic E-state index is 12.7. The van der Waals surface area contributed by atoms with E-state index >= 15 is 0 Å². The van der Waals surface area contributed by atoms with E-state index in [2.05, 4.69) is 4.98 Å². The molecule has 1 amide bonds. The maximum Gasteiger partial charge on any atom is 0.416 e. The Hall–Kier alpha value is -3.29. The molecule has 0 spiro atoms. The van der Waals surface area contributed by atoms with Crippen molar-refractivity contribution in [3.05, 3.63) is 84.4 Å². The van der Waals surface area contributed by atoms with Crippen molar-refractivity contribution in [2.24, 2.45) is 0 Å². The van der Waals surface area contributed by atoms with E-state index in [9.17, 15) is 18.0 Å². The third-order valence-corrected chi connectivity index (χ3v) is 4.04. The van der Waals surface area contributed by atoms with Crippen LogP contribution in [0.5, 0.6) is 0 Å². The minimum atomic E-state index is -4.40. The summed E-state index contributed by atoms with van der Waals surface area (Å²) in [6.45, 7) is 0.687. The highest BCUT2D eigenvalue weighted by Gasteiger charge is 2.30. The molecule has 0 N–H and O–H groups in total. The van der Waals surface area contributed by atoms with E-state index < -0.39 is 17.8 Å². The molecule has 146 valence electrons. The molecule has 0 aliphatic carbocycles. The molecule has 3 rings (SSSR count). The highest BCUT2D eigenvalue weighted by Crippen LogP contribution is 2.29. The lowest BCUT2D eigenvalue weighted by atomic mass is 10.1. The second-order valence-electron chi connectivity index (χ2n) is 6.03. The normalized spacial score (nSPS) is 11.2. The maximum absolute atomic E-state index is 12.7. The van der Waals surface area contributed by atoms with Gasteiger partial charge in [-0.15, -0.1) is 0 Å². The number of alkyl halides is 3. The van der Waals surface area contributed by atoms with Crippen LogP contribution >= 0.6 is 0 Å². The van der Waals surface area contributed by atoms with E-state index in [-0.39, 0.29) is 13.2 Å². The molecule has 0 aliphatic rings. The Bertz CT molecular complexity index is 879. The van der Waals surface area contributed by atoms with Gasteiger partial charge in [-0.25, -0.2) is 9.78 Å². The number of carbonyl (C=O) groups is 1. The van der Waals surface area contributed by atoms with E-state index in [4.69, 9.17) is 4.74 Å². The van der Waals surface area contributed by atoms with Crippen LogP contribution in [0.25, 0.3) is 0 Å². The van der Waals surface area contributed by atoms with Crippen molar-refractivity contribution in [1.29, 1.82) is 0 Å². The summed E-state index contributed by atoms with van der Waals surface area (Å²) in [6.07, 6.45) is 0.0222. The summed E-state index contributed by atoms with van der Waals surface area (Å²) in [5.41, 5.74) is 0.420. The Labute approximate surface area is 160 Å². The van der Waals surface area contributed by atoms with Crippen LogP contribution in [0.15, 0.2) is 73.3 Å². The third-order valence-electron chi connectivity index (χ3n) is 4.04. The molecule has 5 nitrogen and oxygen atoms in total. The van der Waals surface area contributed by atoms with E-state index in [0.717, 1.165) is 12.1 Å². The van der Waals surface area contributed by atoms with Crippen molar-refractivity contribution >= 4 is 11.8 Å². The number of benzene rings is 2. The van der Waals surface area contributed by atoms with Crippen LogP contribution in [-0.4, -0.2) is 22.3 Å². The van der Waals surface area contributed by atoms with Crippen molar-refractivity contribution in [3.8, 4) is 0 Å². The summed E-state index contributed by atoms with van der Waals surface area (Å²) in [4.78, 5) is 17.9. The van der Waals surface area contributed by atoms with Crippen molar-refractivity contribution in [2.45, 2.75) is 19.3 Å². The molecule has 0 bridgehead atoms. The molecule has 0 saturated heterocycles. The van der Waals surface area contributed by atoms with Gasteiger partial charge in [0, 0.05) is 18.1 Å². The van der Waals surface area contributed by atoms with Crippen LogP contribution in [-0.2, 0) is 24.0 Å². The Balaban J connectivity index is 1.71. The van der Waals surface area contributed by atoms with Crippen LogP contribution in [0.4, 0.5) is 23.7 Å². The van der Waals surface area contributed by atoms with Crippen molar-refractivity contribution in [3.63, 3.8) is 0 Å². The van der Waals surface area contributed by atoms with Crippen LogP contribution < -0.4 is 4.90 Å². The second-order valence-corrected chi connectivity index (χ2v) is 6.03. The monoisotopic (exact) mass is 389 g/mol. The zero-order valence-corrected chi connectivity index (χ0v) is 14.8. The number of hydrogen-bond acceptors (Lipinski definition) is 3. The Morgan fingerprint density at radius 2 is 1.79 bits per heavy atom. The van der Waals surface area contributed by atoms with Crippen LogP contribution in [0.2, 0.25) is 0 Å². The first kappa shape index (κ1) is 19.5. The smallest absolute Gasteiger partial charge is 0.416 e. The number of hydrogen-bond donors (Lipinski definition) is 0. The molecular weight excluding hydrogens is 371 g/mol. The van der Waals surface area contributed by atoms with Gasteiger partial charge in [-0.05, 0) is 29.8 Å². The van der Waals surface area contributed by atoms with E-state index in [1.54, 1.807) is 47.6 Å². The van der Waals surface area contributed by atoms with Gasteiger partial charge in [0.2, 0.25) is 0 Å². The summed E-state index contributed by atoms with van der Waals surface area (Å²) in [5, 5.41) is 0. The molecular formula is C20H18F3N3O2. The van der Waals surface area contributed by atoms with Gasteiger partial charge in [0.1, 0.15) is 6.61 Å². The summed E-state index contributed by atoms with van der Waals surface area (Å²) in [5.74, 6) is 0. The van der Waals surface area contributed by atoms with Crippen molar-refractivity contribution in [2.75, 3.05) is 11.5 Å². The largest absolute Gasteiger partial charge is 0.447 e. The number of nitrogens with zero attached hydrogens (tertiary/aromatic N) is 3. The van der Waals surface area contributed by atoms with E-state index in [1.807, 2.05) is 6.07 Å². The Morgan fingerprint density at radius 1 is 1.07 bits per heavy atom. The van der Waals surface area contributed by atoms with Crippen LogP contribution in [0, 0.1) is 0 Å². The van der Waals surface area contributed by atoms with E-state index in [1.165, 1.54) is 17.0 Å². The lowest BCUT2D eigenvalue weighted by molar-refractivity contribution is -0.137. The fourth-order valence-electron chi connectivity index (χ4n) is 2.59. The van der Waals surface area contributed by atoms with Crippen molar-refractivity contribution < 1.29 is 22.7 Å².